The maximum Gasteiger partial charge on any atom is 0.311 e. The van der Waals surface area contributed by atoms with Crippen LogP contribution in [0.2, 0.25) is 0 Å². The third kappa shape index (κ3) is 10.9. The lowest BCUT2D eigenvalue weighted by molar-refractivity contribution is -0.139. The number of allylic oxidation sites excluding steroid dienone is 2. The van der Waals surface area contributed by atoms with E-state index in [1.54, 1.807) is 6.08 Å². The van der Waals surface area contributed by atoms with Crippen molar-refractivity contribution in [1.82, 2.24) is 0 Å². The van der Waals surface area contributed by atoms with E-state index in [0.717, 1.165) is 19.3 Å². The zero-order chi connectivity index (χ0) is 12.1. The third-order valence-electron chi connectivity index (χ3n) is 1.57. The summed E-state index contributed by atoms with van der Waals surface area (Å²) in [5.41, 5.74) is 0. The molecule has 0 saturated carbocycles. The fourth-order valence-corrected chi connectivity index (χ4v) is 0.871. The Morgan fingerprint density at radius 3 is 2.33 bits per heavy atom. The summed E-state index contributed by atoms with van der Waals surface area (Å²) in [4.78, 5) is 11.1. The molecule has 0 heterocycles. The summed E-state index contributed by atoms with van der Waals surface area (Å²) < 4.78 is 5.05. The number of ether oxygens (including phenoxy) is 1. The van der Waals surface area contributed by atoms with E-state index in [0.29, 0.717) is 12.2 Å². The second-order valence-corrected chi connectivity index (χ2v) is 2.80. The average Bonchev–Trinajstić information content (AvgIpc) is 2.28. The zero-order valence-electron chi connectivity index (χ0n) is 10.5. The first-order chi connectivity index (χ1) is 7.24. The number of hydrogen-bond donors (Lipinski definition) is 0. The molecule has 2 nitrogen and oxygen atoms in total. The lowest BCUT2D eigenvalue weighted by Gasteiger charge is -2.03. The van der Waals surface area contributed by atoms with E-state index < -0.39 is 0 Å². The molecule has 0 rings (SSSR count). The van der Waals surface area contributed by atoms with Gasteiger partial charge in [0, 0.05) is 6.42 Å². The summed E-state index contributed by atoms with van der Waals surface area (Å²) in [6.45, 7) is 11.6. The normalized spacial score (nSPS) is 10.0. The highest BCUT2D eigenvalue weighted by Crippen LogP contribution is 2.04. The Balaban J connectivity index is 0. The number of carbonyl (C=O) groups is 1. The molecule has 0 atom stereocenters. The molecule has 0 aliphatic carbocycles. The SMILES string of the molecule is C=C/C(=C\CC)OC(=O)CCCC.CC. The maximum atomic E-state index is 11.1. The fraction of sp³-hybridized carbons (Fsp3) is 0.615. The molecule has 0 aliphatic rings. The van der Waals surface area contributed by atoms with Crippen molar-refractivity contribution in [3.8, 4) is 0 Å². The summed E-state index contributed by atoms with van der Waals surface area (Å²) >= 11 is 0. The molecule has 0 aromatic carbocycles. The van der Waals surface area contributed by atoms with E-state index >= 15 is 0 Å². The van der Waals surface area contributed by atoms with Crippen molar-refractivity contribution in [2.45, 2.75) is 53.4 Å². The molecule has 0 saturated heterocycles. The quantitative estimate of drug-likeness (QED) is 0.374. The first-order valence-corrected chi connectivity index (χ1v) is 5.77. The van der Waals surface area contributed by atoms with E-state index in [9.17, 15) is 4.79 Å². The molecule has 0 aromatic rings. The molecule has 0 amide bonds. The van der Waals surface area contributed by atoms with Crippen molar-refractivity contribution in [3.63, 3.8) is 0 Å². The van der Waals surface area contributed by atoms with Gasteiger partial charge >= 0.3 is 5.97 Å². The molecule has 0 N–H and O–H groups in total. The van der Waals surface area contributed by atoms with Crippen molar-refractivity contribution in [2.24, 2.45) is 0 Å². The van der Waals surface area contributed by atoms with Gasteiger partial charge in [-0.3, -0.25) is 4.79 Å². The average molecular weight is 212 g/mol. The van der Waals surface area contributed by atoms with Crippen LogP contribution in [0.4, 0.5) is 0 Å². The van der Waals surface area contributed by atoms with Crippen molar-refractivity contribution in [2.75, 3.05) is 0 Å². The van der Waals surface area contributed by atoms with Gasteiger partial charge in [-0.05, 0) is 25.0 Å². The van der Waals surface area contributed by atoms with Gasteiger partial charge in [0.05, 0.1) is 0 Å². The number of hydrogen-bond acceptors (Lipinski definition) is 2. The Morgan fingerprint density at radius 2 is 1.93 bits per heavy atom. The lowest BCUT2D eigenvalue weighted by atomic mass is 10.2. The highest BCUT2D eigenvalue weighted by molar-refractivity contribution is 5.70. The predicted molar refractivity (Wildman–Crippen MR) is 65.5 cm³/mol. The minimum atomic E-state index is -0.165. The standard InChI is InChI=1S/C11H18O2.C2H6/c1-4-7-9-11(12)13-10(6-3)8-5-2;1-2/h6,8H,3-5,7,9H2,1-2H3;1-2H3/b10-8+;. The van der Waals surface area contributed by atoms with Gasteiger partial charge in [-0.25, -0.2) is 0 Å². The highest BCUT2D eigenvalue weighted by Gasteiger charge is 2.02. The minimum Gasteiger partial charge on any atom is -0.427 e. The first-order valence-electron chi connectivity index (χ1n) is 5.77. The second-order valence-electron chi connectivity index (χ2n) is 2.80. The van der Waals surface area contributed by atoms with Crippen molar-refractivity contribution in [1.29, 1.82) is 0 Å². The van der Waals surface area contributed by atoms with Crippen LogP contribution in [0.1, 0.15) is 53.4 Å². The molecule has 2 heteroatoms. The smallest absolute Gasteiger partial charge is 0.311 e. The summed E-state index contributed by atoms with van der Waals surface area (Å²) in [5, 5.41) is 0. The maximum absolute atomic E-state index is 11.1. The number of rotatable bonds is 6. The van der Waals surface area contributed by atoms with Gasteiger partial charge in [0.1, 0.15) is 5.76 Å². The molecule has 88 valence electrons. The van der Waals surface area contributed by atoms with Crippen molar-refractivity contribution in [3.05, 3.63) is 24.5 Å². The van der Waals surface area contributed by atoms with Gasteiger partial charge < -0.3 is 4.74 Å². The molecule has 0 bridgehead atoms. The van der Waals surface area contributed by atoms with Crippen LogP contribution in [0, 0.1) is 0 Å². The Hall–Kier alpha value is -1.05. The molecule has 0 radical (unpaired) electrons. The molecule has 0 aliphatic heterocycles. The van der Waals surface area contributed by atoms with Gasteiger partial charge in [0.15, 0.2) is 0 Å². The predicted octanol–water partition coefficient (Wildman–Crippen LogP) is 4.23. The summed E-state index contributed by atoms with van der Waals surface area (Å²) in [6.07, 6.45) is 6.64. The van der Waals surface area contributed by atoms with Crippen molar-refractivity contribution < 1.29 is 9.53 Å². The Labute approximate surface area is 94.0 Å². The second kappa shape index (κ2) is 12.9. The van der Waals surface area contributed by atoms with Crippen LogP contribution < -0.4 is 0 Å². The van der Waals surface area contributed by atoms with Gasteiger partial charge in [-0.1, -0.05) is 40.7 Å². The minimum absolute atomic E-state index is 0.165. The van der Waals surface area contributed by atoms with Gasteiger partial charge in [0.25, 0.3) is 0 Å². The topological polar surface area (TPSA) is 26.3 Å². The van der Waals surface area contributed by atoms with Crippen LogP contribution in [0.15, 0.2) is 24.5 Å². The van der Waals surface area contributed by atoms with Crippen LogP contribution in [0.3, 0.4) is 0 Å². The molecular weight excluding hydrogens is 188 g/mol. The number of esters is 1. The van der Waals surface area contributed by atoms with E-state index in [4.69, 9.17) is 4.74 Å². The van der Waals surface area contributed by atoms with Crippen molar-refractivity contribution >= 4 is 5.97 Å². The Kier molecular flexibility index (Phi) is 14.1. The van der Waals surface area contributed by atoms with Crippen LogP contribution in [0.5, 0.6) is 0 Å². The summed E-state index contributed by atoms with van der Waals surface area (Å²) in [7, 11) is 0. The van der Waals surface area contributed by atoms with Gasteiger partial charge in [-0.15, -0.1) is 0 Å². The van der Waals surface area contributed by atoms with Gasteiger partial charge in [0.2, 0.25) is 0 Å². The molecule has 15 heavy (non-hydrogen) atoms. The van der Waals surface area contributed by atoms with E-state index in [1.807, 2.05) is 33.8 Å². The number of carbonyl (C=O) groups excluding carboxylic acids is 1. The lowest BCUT2D eigenvalue weighted by Crippen LogP contribution is -2.02. The Bertz CT molecular complexity index is 193. The fourth-order valence-electron chi connectivity index (χ4n) is 0.871. The van der Waals surface area contributed by atoms with Crippen LogP contribution in [-0.2, 0) is 9.53 Å². The van der Waals surface area contributed by atoms with E-state index in [2.05, 4.69) is 6.58 Å². The van der Waals surface area contributed by atoms with E-state index in [1.165, 1.54) is 0 Å². The molecular formula is C13H24O2. The van der Waals surface area contributed by atoms with Crippen LogP contribution >= 0.6 is 0 Å². The first kappa shape index (κ1) is 16.4. The number of unbranched alkanes of at least 4 members (excludes halogenated alkanes) is 1. The third-order valence-corrected chi connectivity index (χ3v) is 1.57. The molecule has 0 fully saturated rings. The summed E-state index contributed by atoms with van der Waals surface area (Å²) in [5.74, 6) is 0.407. The largest absolute Gasteiger partial charge is 0.427 e. The highest BCUT2D eigenvalue weighted by atomic mass is 16.5. The monoisotopic (exact) mass is 212 g/mol. The van der Waals surface area contributed by atoms with Gasteiger partial charge in [-0.2, -0.15) is 0 Å². The Morgan fingerprint density at radius 1 is 1.33 bits per heavy atom. The van der Waals surface area contributed by atoms with Crippen LogP contribution in [-0.4, -0.2) is 5.97 Å². The molecule has 0 unspecified atom stereocenters. The molecule has 0 spiro atoms. The van der Waals surface area contributed by atoms with E-state index in [-0.39, 0.29) is 5.97 Å². The zero-order valence-corrected chi connectivity index (χ0v) is 10.5. The summed E-state index contributed by atoms with van der Waals surface area (Å²) in [6, 6.07) is 0. The van der Waals surface area contributed by atoms with Crippen LogP contribution in [0.25, 0.3) is 0 Å². The molecule has 0 aromatic heterocycles.